The SMILES string of the molecule is CC(C)(C)OC(=O)CCSc1cc2cc(Cl)ccc2n1C(=O)OC(C)(C)C. The first kappa shape index (κ1) is 21.6. The molecule has 0 N–H and O–H groups in total. The van der Waals surface area contributed by atoms with Crippen molar-refractivity contribution in [1.82, 2.24) is 4.57 Å². The Balaban J connectivity index is 2.23. The van der Waals surface area contributed by atoms with Crippen LogP contribution in [0.2, 0.25) is 5.02 Å². The van der Waals surface area contributed by atoms with Crippen molar-refractivity contribution in [1.29, 1.82) is 0 Å². The molecule has 0 aliphatic carbocycles. The lowest BCUT2D eigenvalue weighted by molar-refractivity contribution is -0.154. The summed E-state index contributed by atoms with van der Waals surface area (Å²) < 4.78 is 12.4. The summed E-state index contributed by atoms with van der Waals surface area (Å²) in [5.74, 6) is 0.222. The highest BCUT2D eigenvalue weighted by Gasteiger charge is 2.23. The van der Waals surface area contributed by atoms with Crippen molar-refractivity contribution in [3.63, 3.8) is 0 Å². The molecule has 7 heteroatoms. The molecule has 27 heavy (non-hydrogen) atoms. The topological polar surface area (TPSA) is 57.5 Å². The molecule has 0 atom stereocenters. The molecule has 2 aromatic rings. The quantitative estimate of drug-likeness (QED) is 0.463. The molecule has 0 unspecified atom stereocenters. The lowest BCUT2D eigenvalue weighted by atomic mass is 10.2. The van der Waals surface area contributed by atoms with Crippen molar-refractivity contribution in [2.75, 3.05) is 5.75 Å². The van der Waals surface area contributed by atoms with Gasteiger partial charge in [0.15, 0.2) is 0 Å². The minimum Gasteiger partial charge on any atom is -0.460 e. The summed E-state index contributed by atoms with van der Waals surface area (Å²) in [4.78, 5) is 24.6. The first-order chi connectivity index (χ1) is 12.4. The van der Waals surface area contributed by atoms with Crippen LogP contribution in [-0.4, -0.2) is 33.6 Å². The van der Waals surface area contributed by atoms with Gasteiger partial charge in [-0.25, -0.2) is 9.36 Å². The van der Waals surface area contributed by atoms with E-state index in [9.17, 15) is 9.59 Å². The number of hydrogen-bond donors (Lipinski definition) is 0. The van der Waals surface area contributed by atoms with E-state index in [0.29, 0.717) is 21.3 Å². The van der Waals surface area contributed by atoms with Gasteiger partial charge in [0.05, 0.1) is 17.0 Å². The molecule has 0 bridgehead atoms. The van der Waals surface area contributed by atoms with Gasteiger partial charge in [0, 0.05) is 16.2 Å². The van der Waals surface area contributed by atoms with Gasteiger partial charge in [-0.3, -0.25) is 4.79 Å². The van der Waals surface area contributed by atoms with Gasteiger partial charge in [-0.1, -0.05) is 11.6 Å². The molecule has 0 fully saturated rings. The first-order valence-corrected chi connectivity index (χ1v) is 10.1. The molecule has 2 rings (SSSR count). The summed E-state index contributed by atoms with van der Waals surface area (Å²) in [5, 5.41) is 2.13. The predicted octanol–water partition coefficient (Wildman–Crippen LogP) is 5.90. The summed E-state index contributed by atoms with van der Waals surface area (Å²) in [6.45, 7) is 11.0. The number of carbonyl (C=O) groups is 2. The normalized spacial score (nSPS) is 12.3. The van der Waals surface area contributed by atoms with E-state index >= 15 is 0 Å². The number of ether oxygens (including phenoxy) is 2. The standard InChI is InChI=1S/C20H26ClNO4S/c1-19(2,3)25-17(23)9-10-27-16-12-13-11-14(21)7-8-15(13)22(16)18(24)26-20(4,5)6/h7-8,11-12H,9-10H2,1-6H3. The van der Waals surface area contributed by atoms with Crippen molar-refractivity contribution in [2.45, 2.75) is 64.2 Å². The van der Waals surface area contributed by atoms with Crippen LogP contribution in [0.4, 0.5) is 4.79 Å². The fourth-order valence-corrected chi connectivity index (χ4v) is 3.57. The zero-order valence-electron chi connectivity index (χ0n) is 16.6. The van der Waals surface area contributed by atoms with E-state index in [1.165, 1.54) is 16.3 Å². The fraction of sp³-hybridized carbons (Fsp3) is 0.500. The Bertz CT molecular complexity index is 846. The molecule has 1 aromatic heterocycles. The Hall–Kier alpha value is -1.66. The molecule has 0 spiro atoms. The Morgan fingerprint density at radius 1 is 1.04 bits per heavy atom. The average molecular weight is 412 g/mol. The first-order valence-electron chi connectivity index (χ1n) is 8.75. The Morgan fingerprint density at radius 2 is 1.67 bits per heavy atom. The van der Waals surface area contributed by atoms with Gasteiger partial charge in [0.2, 0.25) is 0 Å². The molecule has 0 saturated carbocycles. The van der Waals surface area contributed by atoms with Gasteiger partial charge in [-0.2, -0.15) is 0 Å². The second-order valence-electron chi connectivity index (χ2n) is 8.19. The van der Waals surface area contributed by atoms with E-state index in [2.05, 4.69) is 0 Å². The fourth-order valence-electron chi connectivity index (χ4n) is 2.39. The van der Waals surface area contributed by atoms with Gasteiger partial charge in [-0.15, -0.1) is 11.8 Å². The van der Waals surface area contributed by atoms with Crippen molar-refractivity contribution in [2.24, 2.45) is 0 Å². The third-order valence-corrected chi connectivity index (χ3v) is 4.52. The Morgan fingerprint density at radius 3 is 2.26 bits per heavy atom. The van der Waals surface area contributed by atoms with Crippen LogP contribution in [0.15, 0.2) is 29.3 Å². The van der Waals surface area contributed by atoms with Crippen LogP contribution < -0.4 is 0 Å². The van der Waals surface area contributed by atoms with Crippen molar-refractivity contribution < 1.29 is 19.1 Å². The van der Waals surface area contributed by atoms with E-state index in [4.69, 9.17) is 21.1 Å². The van der Waals surface area contributed by atoms with E-state index in [0.717, 1.165) is 5.39 Å². The molecule has 0 amide bonds. The number of aromatic nitrogens is 1. The largest absolute Gasteiger partial charge is 0.460 e. The number of carbonyl (C=O) groups excluding carboxylic acids is 2. The molecule has 148 valence electrons. The Kier molecular flexibility index (Phi) is 6.53. The van der Waals surface area contributed by atoms with Gasteiger partial charge >= 0.3 is 12.1 Å². The number of fused-ring (bicyclic) bond motifs is 1. The Labute approximate surface area is 169 Å². The molecule has 0 radical (unpaired) electrons. The molecule has 0 aliphatic heterocycles. The molecule has 5 nitrogen and oxygen atoms in total. The van der Waals surface area contributed by atoms with E-state index in [1.54, 1.807) is 18.2 Å². The van der Waals surface area contributed by atoms with Crippen molar-refractivity contribution in [3.05, 3.63) is 29.3 Å². The summed E-state index contributed by atoms with van der Waals surface area (Å²) in [5.41, 5.74) is -0.406. The van der Waals surface area contributed by atoms with Gasteiger partial charge in [0.25, 0.3) is 0 Å². The number of thioether (sulfide) groups is 1. The number of benzene rings is 1. The predicted molar refractivity (Wildman–Crippen MR) is 110 cm³/mol. The second kappa shape index (κ2) is 8.15. The van der Waals surface area contributed by atoms with Crippen LogP contribution in [-0.2, 0) is 14.3 Å². The monoisotopic (exact) mass is 411 g/mol. The summed E-state index contributed by atoms with van der Waals surface area (Å²) in [6, 6.07) is 7.21. The minimum absolute atomic E-state index is 0.249. The smallest absolute Gasteiger partial charge is 0.419 e. The third kappa shape index (κ3) is 6.47. The molecule has 1 aromatic carbocycles. The number of esters is 1. The zero-order chi connectivity index (χ0) is 20.4. The maximum atomic E-state index is 12.7. The summed E-state index contributed by atoms with van der Waals surface area (Å²) in [7, 11) is 0. The second-order valence-corrected chi connectivity index (χ2v) is 9.74. The maximum Gasteiger partial charge on any atom is 0.419 e. The maximum absolute atomic E-state index is 12.7. The van der Waals surface area contributed by atoms with Crippen molar-refractivity contribution in [3.8, 4) is 0 Å². The van der Waals surface area contributed by atoms with Crippen molar-refractivity contribution >= 4 is 46.3 Å². The lowest BCUT2D eigenvalue weighted by Gasteiger charge is -2.21. The van der Waals surface area contributed by atoms with E-state index < -0.39 is 17.3 Å². The zero-order valence-corrected chi connectivity index (χ0v) is 18.2. The van der Waals surface area contributed by atoms with Crippen LogP contribution in [0.25, 0.3) is 10.9 Å². The van der Waals surface area contributed by atoms with Gasteiger partial charge < -0.3 is 9.47 Å². The van der Waals surface area contributed by atoms with Crippen LogP contribution in [0.1, 0.15) is 48.0 Å². The average Bonchev–Trinajstić information content (AvgIpc) is 2.80. The highest BCUT2D eigenvalue weighted by atomic mass is 35.5. The highest BCUT2D eigenvalue weighted by Crippen LogP contribution is 2.31. The number of halogens is 1. The number of hydrogen-bond acceptors (Lipinski definition) is 5. The van der Waals surface area contributed by atoms with Crippen LogP contribution >= 0.6 is 23.4 Å². The van der Waals surface area contributed by atoms with Crippen LogP contribution in [0.3, 0.4) is 0 Å². The van der Waals surface area contributed by atoms with Crippen LogP contribution in [0, 0.1) is 0 Å². The molecule has 0 saturated heterocycles. The summed E-state index contributed by atoms with van der Waals surface area (Å²) >= 11 is 7.49. The van der Waals surface area contributed by atoms with E-state index in [-0.39, 0.29) is 12.4 Å². The van der Waals surface area contributed by atoms with Gasteiger partial charge in [-0.05, 0) is 65.8 Å². The molecule has 0 aliphatic rings. The third-order valence-electron chi connectivity index (χ3n) is 3.28. The number of nitrogens with zero attached hydrogens (tertiary/aromatic N) is 1. The van der Waals surface area contributed by atoms with Gasteiger partial charge in [0.1, 0.15) is 11.2 Å². The molecular formula is C20H26ClNO4S. The minimum atomic E-state index is -0.613. The summed E-state index contributed by atoms with van der Waals surface area (Å²) in [6.07, 6.45) is -0.210. The molecular weight excluding hydrogens is 386 g/mol. The highest BCUT2D eigenvalue weighted by molar-refractivity contribution is 7.99. The van der Waals surface area contributed by atoms with E-state index in [1.807, 2.05) is 47.6 Å². The number of rotatable bonds is 4. The molecule has 1 heterocycles. The lowest BCUT2D eigenvalue weighted by Crippen LogP contribution is -2.27. The van der Waals surface area contributed by atoms with Crippen LogP contribution in [0.5, 0.6) is 0 Å².